The molecule has 2 aromatic rings. The molecule has 124 valence electrons. The summed E-state index contributed by atoms with van der Waals surface area (Å²) in [5, 5.41) is 6.22. The lowest BCUT2D eigenvalue weighted by Crippen LogP contribution is -2.34. The number of hydrogen-bond donors (Lipinski definition) is 2. The van der Waals surface area contributed by atoms with Crippen molar-refractivity contribution in [3.8, 4) is 0 Å². The maximum atomic E-state index is 12.1. The number of rotatable bonds is 4. The quantitative estimate of drug-likeness (QED) is 0.838. The van der Waals surface area contributed by atoms with Gasteiger partial charge in [-0.15, -0.1) is 11.8 Å². The fraction of sp³-hybridized carbons (Fsp3) is 0.176. The number of amides is 2. The first kappa shape index (κ1) is 17.1. The summed E-state index contributed by atoms with van der Waals surface area (Å²) >= 11 is 13.3. The van der Waals surface area contributed by atoms with Crippen LogP contribution < -0.4 is 10.6 Å². The third kappa shape index (κ3) is 4.04. The van der Waals surface area contributed by atoms with Crippen molar-refractivity contribution in [3.63, 3.8) is 0 Å². The molecule has 0 unspecified atom stereocenters. The monoisotopic (exact) mass is 380 g/mol. The second kappa shape index (κ2) is 7.47. The van der Waals surface area contributed by atoms with E-state index in [9.17, 15) is 9.59 Å². The Bertz CT molecular complexity index is 798. The zero-order chi connectivity index (χ0) is 17.1. The summed E-state index contributed by atoms with van der Waals surface area (Å²) in [5.41, 5.74) is 1.57. The minimum Gasteiger partial charge on any atom is -0.352 e. The minimum absolute atomic E-state index is 0.107. The van der Waals surface area contributed by atoms with Crippen LogP contribution in [0.2, 0.25) is 10.0 Å². The first-order valence-corrected chi connectivity index (χ1v) is 8.93. The van der Waals surface area contributed by atoms with Gasteiger partial charge in [0.05, 0.1) is 10.9 Å². The molecular formula is C17H14Cl2N2O2S. The van der Waals surface area contributed by atoms with Crippen LogP contribution in [0.15, 0.2) is 47.4 Å². The van der Waals surface area contributed by atoms with E-state index in [4.69, 9.17) is 23.2 Å². The number of benzene rings is 2. The van der Waals surface area contributed by atoms with E-state index in [0.29, 0.717) is 16.6 Å². The Kier molecular flexibility index (Phi) is 5.33. The minimum atomic E-state index is -0.444. The number of carbonyl (C=O) groups excluding carboxylic acids is 2. The van der Waals surface area contributed by atoms with E-state index >= 15 is 0 Å². The lowest BCUT2D eigenvalue weighted by atomic mass is 10.2. The van der Waals surface area contributed by atoms with Gasteiger partial charge in [-0.2, -0.15) is 0 Å². The molecule has 1 atom stereocenters. The fourth-order valence-electron chi connectivity index (χ4n) is 2.33. The molecule has 2 N–H and O–H groups in total. The zero-order valence-electron chi connectivity index (χ0n) is 12.5. The molecule has 0 spiro atoms. The van der Waals surface area contributed by atoms with E-state index in [0.717, 1.165) is 16.1 Å². The van der Waals surface area contributed by atoms with Gasteiger partial charge in [0, 0.05) is 27.9 Å². The number of carbonyl (C=O) groups is 2. The number of hydrogen-bond acceptors (Lipinski definition) is 3. The van der Waals surface area contributed by atoms with E-state index in [1.807, 2.05) is 24.3 Å². The molecule has 0 fully saturated rings. The predicted molar refractivity (Wildman–Crippen MR) is 97.6 cm³/mol. The van der Waals surface area contributed by atoms with E-state index in [-0.39, 0.29) is 18.2 Å². The highest BCUT2D eigenvalue weighted by Gasteiger charge is 2.28. The highest BCUT2D eigenvalue weighted by molar-refractivity contribution is 8.01. The highest BCUT2D eigenvalue weighted by atomic mass is 35.5. The van der Waals surface area contributed by atoms with Gasteiger partial charge in [0.25, 0.3) is 0 Å². The highest BCUT2D eigenvalue weighted by Crippen LogP contribution is 2.36. The molecule has 3 rings (SSSR count). The van der Waals surface area contributed by atoms with Crippen molar-refractivity contribution < 1.29 is 9.59 Å². The maximum Gasteiger partial charge on any atom is 0.238 e. The second-order valence-electron chi connectivity index (χ2n) is 5.31. The molecule has 24 heavy (non-hydrogen) atoms. The van der Waals surface area contributed by atoms with E-state index < -0.39 is 5.25 Å². The number of thioether (sulfide) groups is 1. The SMILES string of the molecule is O=C(C[C@H]1Sc2ccccc2NC1=O)NCc1ccc(Cl)cc1Cl. The van der Waals surface area contributed by atoms with Crippen molar-refractivity contribution in [2.24, 2.45) is 0 Å². The van der Waals surface area contributed by atoms with Gasteiger partial charge in [0.15, 0.2) is 0 Å². The lowest BCUT2D eigenvalue weighted by molar-refractivity contribution is -0.124. The van der Waals surface area contributed by atoms with E-state index in [2.05, 4.69) is 10.6 Å². The molecule has 2 amide bonds. The Morgan fingerprint density at radius 2 is 2.00 bits per heavy atom. The smallest absolute Gasteiger partial charge is 0.238 e. The van der Waals surface area contributed by atoms with Crippen LogP contribution in [0.3, 0.4) is 0 Å². The summed E-state index contributed by atoms with van der Waals surface area (Å²) in [4.78, 5) is 25.2. The average Bonchev–Trinajstić information content (AvgIpc) is 2.55. The lowest BCUT2D eigenvalue weighted by Gasteiger charge is -2.23. The molecule has 0 aliphatic carbocycles. The number of halogens is 2. The number of nitrogens with one attached hydrogen (secondary N) is 2. The summed E-state index contributed by atoms with van der Waals surface area (Å²) in [5.74, 6) is -0.355. The fourth-order valence-corrected chi connectivity index (χ4v) is 3.91. The number of anilines is 1. The first-order chi connectivity index (χ1) is 11.5. The average molecular weight is 381 g/mol. The van der Waals surface area contributed by atoms with Crippen molar-refractivity contribution in [1.29, 1.82) is 0 Å². The normalized spacial score (nSPS) is 16.2. The van der Waals surface area contributed by atoms with Crippen molar-refractivity contribution in [2.45, 2.75) is 23.1 Å². The number of fused-ring (bicyclic) bond motifs is 1. The van der Waals surface area contributed by atoms with E-state index in [1.54, 1.807) is 18.2 Å². The van der Waals surface area contributed by atoms with Gasteiger partial charge in [0.2, 0.25) is 11.8 Å². The molecule has 1 heterocycles. The molecule has 0 bridgehead atoms. The summed E-state index contributed by atoms with van der Waals surface area (Å²) in [6.07, 6.45) is 0.107. The Morgan fingerprint density at radius 3 is 2.79 bits per heavy atom. The molecule has 0 saturated carbocycles. The van der Waals surface area contributed by atoms with Gasteiger partial charge in [-0.25, -0.2) is 0 Å². The van der Waals surface area contributed by atoms with Gasteiger partial charge in [0.1, 0.15) is 0 Å². The van der Waals surface area contributed by atoms with Gasteiger partial charge < -0.3 is 10.6 Å². The van der Waals surface area contributed by atoms with Crippen LogP contribution in [0.4, 0.5) is 5.69 Å². The largest absolute Gasteiger partial charge is 0.352 e. The van der Waals surface area contributed by atoms with Gasteiger partial charge in [-0.05, 0) is 29.8 Å². The topological polar surface area (TPSA) is 58.2 Å². The molecular weight excluding hydrogens is 367 g/mol. The van der Waals surface area contributed by atoms with Crippen LogP contribution in [0, 0.1) is 0 Å². The summed E-state index contributed by atoms with van der Waals surface area (Å²) in [7, 11) is 0. The summed E-state index contributed by atoms with van der Waals surface area (Å²) in [6, 6.07) is 12.7. The molecule has 1 aliphatic rings. The molecule has 0 radical (unpaired) electrons. The van der Waals surface area contributed by atoms with Crippen molar-refractivity contribution >= 4 is 52.5 Å². The van der Waals surface area contributed by atoms with Gasteiger partial charge in [-0.3, -0.25) is 9.59 Å². The Labute approximate surface area is 153 Å². The van der Waals surface area contributed by atoms with E-state index in [1.165, 1.54) is 11.8 Å². The first-order valence-electron chi connectivity index (χ1n) is 7.30. The molecule has 2 aromatic carbocycles. The molecule has 7 heteroatoms. The van der Waals surface area contributed by atoms with Crippen LogP contribution in [0.25, 0.3) is 0 Å². The van der Waals surface area contributed by atoms with Gasteiger partial charge in [-0.1, -0.05) is 41.4 Å². The number of para-hydroxylation sites is 1. The standard InChI is InChI=1S/C17H14Cl2N2O2S/c18-11-6-5-10(12(19)7-11)9-20-16(22)8-15-17(23)21-13-3-1-2-4-14(13)24-15/h1-7,15H,8-9H2,(H,20,22)(H,21,23)/t15-/m1/s1. The molecule has 1 aliphatic heterocycles. The predicted octanol–water partition coefficient (Wildman–Crippen LogP) is 4.11. The Hall–Kier alpha value is -1.69. The second-order valence-corrected chi connectivity index (χ2v) is 7.40. The van der Waals surface area contributed by atoms with Crippen molar-refractivity contribution in [2.75, 3.05) is 5.32 Å². The van der Waals surface area contributed by atoms with Crippen LogP contribution in [0.5, 0.6) is 0 Å². The molecule has 0 saturated heterocycles. The zero-order valence-corrected chi connectivity index (χ0v) is 14.8. The Balaban J connectivity index is 1.58. The third-order valence-electron chi connectivity index (χ3n) is 3.57. The van der Waals surface area contributed by atoms with Crippen molar-refractivity contribution in [1.82, 2.24) is 5.32 Å². The summed E-state index contributed by atoms with van der Waals surface area (Å²) < 4.78 is 0. The Morgan fingerprint density at radius 1 is 1.21 bits per heavy atom. The maximum absolute atomic E-state index is 12.1. The third-order valence-corrected chi connectivity index (χ3v) is 5.43. The van der Waals surface area contributed by atoms with Crippen LogP contribution in [0.1, 0.15) is 12.0 Å². The molecule has 0 aromatic heterocycles. The van der Waals surface area contributed by atoms with Crippen LogP contribution in [-0.4, -0.2) is 17.1 Å². The van der Waals surface area contributed by atoms with Crippen molar-refractivity contribution in [3.05, 3.63) is 58.1 Å². The van der Waals surface area contributed by atoms with Gasteiger partial charge >= 0.3 is 0 Å². The summed E-state index contributed by atoms with van der Waals surface area (Å²) in [6.45, 7) is 0.296. The van der Waals surface area contributed by atoms with Crippen LogP contribution >= 0.6 is 35.0 Å². The molecule has 4 nitrogen and oxygen atoms in total. The van der Waals surface area contributed by atoms with Crippen LogP contribution in [-0.2, 0) is 16.1 Å².